The summed E-state index contributed by atoms with van der Waals surface area (Å²) in [6, 6.07) is 20.2. The minimum Gasteiger partial charge on any atom is -0.493 e. The normalized spacial score (nSPS) is 16.8. The van der Waals surface area contributed by atoms with Crippen LogP contribution in [0.5, 0.6) is 11.5 Å². The second-order valence-corrected chi connectivity index (χ2v) is 9.94. The van der Waals surface area contributed by atoms with Crippen LogP contribution >= 0.6 is 0 Å². The molecule has 0 spiro atoms. The number of rotatable bonds is 6. The average molecular weight is 483 g/mol. The maximum absolute atomic E-state index is 5.51. The smallest absolute Gasteiger partial charge is 0.161 e. The van der Waals surface area contributed by atoms with Crippen molar-refractivity contribution in [2.45, 2.75) is 25.3 Å². The van der Waals surface area contributed by atoms with Gasteiger partial charge in [-0.2, -0.15) is 0 Å². The first kappa shape index (κ1) is 22.9. The molecule has 6 heteroatoms. The van der Waals surface area contributed by atoms with Gasteiger partial charge in [0.1, 0.15) is 0 Å². The molecule has 2 aromatic carbocycles. The van der Waals surface area contributed by atoms with Gasteiger partial charge in [-0.1, -0.05) is 18.6 Å². The highest BCUT2D eigenvalue weighted by Crippen LogP contribution is 2.35. The van der Waals surface area contributed by atoms with Crippen LogP contribution < -0.4 is 14.4 Å². The molecule has 0 bridgehead atoms. The van der Waals surface area contributed by atoms with E-state index in [1.807, 2.05) is 18.3 Å². The molecule has 6 nitrogen and oxygen atoms in total. The predicted molar refractivity (Wildman–Crippen MR) is 146 cm³/mol. The van der Waals surface area contributed by atoms with Crippen molar-refractivity contribution < 1.29 is 9.47 Å². The lowest BCUT2D eigenvalue weighted by Gasteiger charge is -2.43. The van der Waals surface area contributed by atoms with E-state index >= 15 is 0 Å². The Balaban J connectivity index is 1.23. The minimum absolute atomic E-state index is 0.726. The van der Waals surface area contributed by atoms with Gasteiger partial charge >= 0.3 is 0 Å². The van der Waals surface area contributed by atoms with Crippen molar-refractivity contribution in [3.63, 3.8) is 0 Å². The third-order valence-electron chi connectivity index (χ3n) is 8.04. The topological polar surface area (TPSA) is 42.8 Å². The fourth-order valence-electron chi connectivity index (χ4n) is 5.60. The van der Waals surface area contributed by atoms with Gasteiger partial charge in [0.15, 0.2) is 11.5 Å². The lowest BCUT2D eigenvalue weighted by atomic mass is 9.91. The lowest BCUT2D eigenvalue weighted by Crippen LogP contribution is -2.52. The quantitative estimate of drug-likeness (QED) is 0.358. The first-order chi connectivity index (χ1) is 17.6. The third-order valence-corrected chi connectivity index (χ3v) is 8.04. The molecule has 0 radical (unpaired) electrons. The molecular formula is C30H34N4O2. The lowest BCUT2D eigenvalue weighted by molar-refractivity contribution is 0.120. The van der Waals surface area contributed by atoms with Crippen LogP contribution in [0.1, 0.15) is 19.3 Å². The van der Waals surface area contributed by atoms with E-state index in [1.54, 1.807) is 14.2 Å². The first-order valence-corrected chi connectivity index (χ1v) is 12.9. The van der Waals surface area contributed by atoms with E-state index in [9.17, 15) is 0 Å². The van der Waals surface area contributed by atoms with Gasteiger partial charge in [-0.25, -0.2) is 0 Å². The van der Waals surface area contributed by atoms with E-state index in [0.717, 1.165) is 64.0 Å². The van der Waals surface area contributed by atoms with Crippen LogP contribution in [0.25, 0.3) is 33.4 Å². The zero-order valence-corrected chi connectivity index (χ0v) is 21.4. The van der Waals surface area contributed by atoms with Crippen molar-refractivity contribution in [1.82, 2.24) is 14.5 Å². The molecule has 2 aromatic heterocycles. The van der Waals surface area contributed by atoms with Crippen LogP contribution in [0.2, 0.25) is 0 Å². The fourth-order valence-corrected chi connectivity index (χ4v) is 5.60. The van der Waals surface area contributed by atoms with Crippen molar-refractivity contribution in [1.29, 1.82) is 0 Å². The van der Waals surface area contributed by atoms with Gasteiger partial charge in [-0.05, 0) is 55.3 Å². The average Bonchev–Trinajstić information content (AvgIpc) is 3.23. The molecular weight excluding hydrogens is 448 g/mol. The molecule has 36 heavy (non-hydrogen) atoms. The Morgan fingerprint density at radius 3 is 2.19 bits per heavy atom. The first-order valence-electron chi connectivity index (χ1n) is 12.9. The summed E-state index contributed by atoms with van der Waals surface area (Å²) in [4.78, 5) is 10.00. The van der Waals surface area contributed by atoms with Crippen LogP contribution in [-0.2, 0) is 7.05 Å². The molecule has 186 valence electrons. The number of methoxy groups -OCH3 is 2. The Morgan fingerprint density at radius 2 is 1.53 bits per heavy atom. The molecule has 2 aliphatic rings. The summed E-state index contributed by atoms with van der Waals surface area (Å²) in [7, 11) is 5.43. The summed E-state index contributed by atoms with van der Waals surface area (Å²) in [5.74, 6) is 1.45. The number of benzene rings is 2. The van der Waals surface area contributed by atoms with Crippen molar-refractivity contribution in [2.75, 3.05) is 45.3 Å². The Kier molecular flexibility index (Phi) is 6.05. The van der Waals surface area contributed by atoms with E-state index in [2.05, 4.69) is 63.9 Å². The summed E-state index contributed by atoms with van der Waals surface area (Å²) >= 11 is 0. The third kappa shape index (κ3) is 4.09. The zero-order chi connectivity index (χ0) is 24.6. The molecule has 6 rings (SSSR count). The molecule has 1 aliphatic carbocycles. The number of aromatic nitrogens is 2. The number of aryl methyl sites for hydroxylation is 1. The van der Waals surface area contributed by atoms with E-state index in [0.29, 0.717) is 0 Å². The number of nitrogens with zero attached hydrogens (tertiary/aromatic N) is 4. The summed E-state index contributed by atoms with van der Waals surface area (Å²) < 4.78 is 13.1. The molecule has 1 saturated carbocycles. The molecule has 1 saturated heterocycles. The highest BCUT2D eigenvalue weighted by molar-refractivity contribution is 5.89. The summed E-state index contributed by atoms with van der Waals surface area (Å²) in [5, 5.41) is 1.12. The van der Waals surface area contributed by atoms with Crippen molar-refractivity contribution in [3.8, 4) is 34.0 Å². The van der Waals surface area contributed by atoms with Gasteiger partial charge < -0.3 is 18.9 Å². The Hall–Kier alpha value is -3.51. The number of hydrogen-bond donors (Lipinski definition) is 0. The number of piperazine rings is 1. The van der Waals surface area contributed by atoms with E-state index in [1.165, 1.54) is 38.0 Å². The van der Waals surface area contributed by atoms with E-state index < -0.39 is 0 Å². The summed E-state index contributed by atoms with van der Waals surface area (Å²) in [6.07, 6.45) is 6.17. The monoisotopic (exact) mass is 482 g/mol. The molecule has 2 fully saturated rings. The molecule has 0 unspecified atom stereocenters. The number of pyridine rings is 1. The molecule has 3 heterocycles. The van der Waals surface area contributed by atoms with Crippen molar-refractivity contribution in [3.05, 3.63) is 60.8 Å². The second-order valence-electron chi connectivity index (χ2n) is 9.94. The van der Waals surface area contributed by atoms with Crippen LogP contribution in [0.4, 0.5) is 5.69 Å². The number of fused-ring (bicyclic) bond motifs is 1. The number of anilines is 1. The van der Waals surface area contributed by atoms with Gasteiger partial charge in [0.25, 0.3) is 0 Å². The van der Waals surface area contributed by atoms with Gasteiger partial charge in [0, 0.05) is 73.4 Å². The fraction of sp³-hybridized carbons (Fsp3) is 0.367. The van der Waals surface area contributed by atoms with Gasteiger partial charge in [0.05, 0.1) is 25.4 Å². The summed E-state index contributed by atoms with van der Waals surface area (Å²) in [6.45, 7) is 4.59. The van der Waals surface area contributed by atoms with Crippen LogP contribution in [0.15, 0.2) is 60.8 Å². The predicted octanol–water partition coefficient (Wildman–Crippen LogP) is 5.60. The highest BCUT2D eigenvalue weighted by Gasteiger charge is 2.27. The summed E-state index contributed by atoms with van der Waals surface area (Å²) in [5.41, 5.74) is 6.78. The Labute approximate surface area is 213 Å². The Morgan fingerprint density at radius 1 is 0.806 bits per heavy atom. The van der Waals surface area contributed by atoms with Crippen LogP contribution in [0, 0.1) is 0 Å². The standard InChI is InChI=1S/C30H34N4O2/c1-32-27(22-9-12-29(35-2)30(18-22)36-3)17-23-20-31-26(19-28(23)32)21-7-10-25(11-8-21)34-15-13-33(14-16-34)24-5-4-6-24/h7-12,17-20,24H,4-6,13-16H2,1-3H3. The maximum atomic E-state index is 5.51. The molecule has 0 N–H and O–H groups in total. The molecule has 0 atom stereocenters. The maximum Gasteiger partial charge on any atom is 0.161 e. The second kappa shape index (κ2) is 9.51. The van der Waals surface area contributed by atoms with Gasteiger partial charge in [0.2, 0.25) is 0 Å². The van der Waals surface area contributed by atoms with Crippen molar-refractivity contribution >= 4 is 16.6 Å². The van der Waals surface area contributed by atoms with Gasteiger partial charge in [-0.15, -0.1) is 0 Å². The van der Waals surface area contributed by atoms with E-state index in [-0.39, 0.29) is 0 Å². The van der Waals surface area contributed by atoms with E-state index in [4.69, 9.17) is 14.5 Å². The highest BCUT2D eigenvalue weighted by atomic mass is 16.5. The minimum atomic E-state index is 0.726. The van der Waals surface area contributed by atoms with Crippen LogP contribution in [0.3, 0.4) is 0 Å². The SMILES string of the molecule is COc1ccc(-c2cc3cnc(-c4ccc(N5CCN(C6CCC6)CC5)cc4)cc3n2C)cc1OC. The number of hydrogen-bond acceptors (Lipinski definition) is 5. The molecule has 0 amide bonds. The largest absolute Gasteiger partial charge is 0.493 e. The molecule has 1 aliphatic heterocycles. The number of ether oxygens (including phenoxy) is 2. The van der Waals surface area contributed by atoms with Gasteiger partial charge in [-0.3, -0.25) is 9.88 Å². The Bertz CT molecular complexity index is 1370. The van der Waals surface area contributed by atoms with Crippen LogP contribution in [-0.4, -0.2) is 60.9 Å². The zero-order valence-electron chi connectivity index (χ0n) is 21.4. The molecule has 4 aromatic rings. The van der Waals surface area contributed by atoms with Crippen molar-refractivity contribution in [2.24, 2.45) is 7.05 Å².